The van der Waals surface area contributed by atoms with Crippen LogP contribution in [0.25, 0.3) is 0 Å². The number of nitrogens with zero attached hydrogens (tertiary/aromatic N) is 2. The van der Waals surface area contributed by atoms with E-state index >= 15 is 0 Å². The second kappa shape index (κ2) is 10.1. The fraction of sp³-hybridized carbons (Fsp3) is 0.375. The Morgan fingerprint density at radius 3 is 2.78 bits per heavy atom. The zero-order valence-electron chi connectivity index (χ0n) is 13.6. The Bertz CT molecular complexity index is 628. The zero-order chi connectivity index (χ0) is 15.8. The minimum atomic E-state index is 0. The molecule has 0 saturated heterocycles. The highest BCUT2D eigenvalue weighted by Gasteiger charge is 2.03. The van der Waals surface area contributed by atoms with Gasteiger partial charge in [0.15, 0.2) is 5.96 Å². The van der Waals surface area contributed by atoms with Gasteiger partial charge in [-0.2, -0.15) is 0 Å². The second-order valence-electron chi connectivity index (χ2n) is 4.83. The number of rotatable bonds is 6. The Labute approximate surface area is 153 Å². The summed E-state index contributed by atoms with van der Waals surface area (Å²) in [4.78, 5) is 4.56. The molecule has 0 radical (unpaired) electrons. The fourth-order valence-corrected chi connectivity index (χ4v) is 1.96. The summed E-state index contributed by atoms with van der Waals surface area (Å²) >= 11 is 0. The van der Waals surface area contributed by atoms with Crippen LogP contribution in [0, 0.1) is 6.92 Å². The summed E-state index contributed by atoms with van der Waals surface area (Å²) in [5.74, 6) is 2.38. The van der Waals surface area contributed by atoms with Gasteiger partial charge in [-0.1, -0.05) is 17.3 Å². The lowest BCUT2D eigenvalue weighted by molar-refractivity contribution is 0.390. The van der Waals surface area contributed by atoms with E-state index in [9.17, 15) is 0 Å². The molecule has 0 fully saturated rings. The van der Waals surface area contributed by atoms with E-state index in [-0.39, 0.29) is 24.0 Å². The molecule has 0 bridgehead atoms. The summed E-state index contributed by atoms with van der Waals surface area (Å²) in [5.41, 5.74) is 1.94. The van der Waals surface area contributed by atoms with Crippen molar-refractivity contribution in [1.29, 1.82) is 0 Å². The van der Waals surface area contributed by atoms with E-state index in [0.717, 1.165) is 35.3 Å². The normalized spacial score (nSPS) is 10.8. The quantitative estimate of drug-likeness (QED) is 0.419. The van der Waals surface area contributed by atoms with Crippen molar-refractivity contribution in [3.05, 3.63) is 47.3 Å². The number of hydrogen-bond acceptors (Lipinski definition) is 4. The minimum Gasteiger partial charge on any atom is -0.497 e. The first-order valence-corrected chi connectivity index (χ1v) is 7.28. The van der Waals surface area contributed by atoms with Crippen LogP contribution >= 0.6 is 24.0 Å². The van der Waals surface area contributed by atoms with Crippen molar-refractivity contribution in [2.24, 2.45) is 4.99 Å². The van der Waals surface area contributed by atoms with Gasteiger partial charge in [-0.3, -0.25) is 0 Å². The topological polar surface area (TPSA) is 71.7 Å². The molecule has 0 aliphatic heterocycles. The Morgan fingerprint density at radius 2 is 2.13 bits per heavy atom. The number of aryl methyl sites for hydroxylation is 1. The number of halogens is 1. The number of nitrogens with one attached hydrogen (secondary N) is 2. The van der Waals surface area contributed by atoms with E-state index in [4.69, 9.17) is 9.26 Å². The average Bonchev–Trinajstić information content (AvgIpc) is 2.96. The maximum atomic E-state index is 5.22. The van der Waals surface area contributed by atoms with Gasteiger partial charge in [-0.15, -0.1) is 24.0 Å². The molecule has 126 valence electrons. The highest BCUT2D eigenvalue weighted by molar-refractivity contribution is 14.0. The number of ether oxygens (including phenoxy) is 1. The van der Waals surface area contributed by atoms with Crippen LogP contribution in [-0.2, 0) is 13.1 Å². The fourth-order valence-electron chi connectivity index (χ4n) is 1.96. The van der Waals surface area contributed by atoms with Gasteiger partial charge in [-0.05, 0) is 31.5 Å². The molecule has 2 N–H and O–H groups in total. The lowest BCUT2D eigenvalue weighted by Crippen LogP contribution is -2.36. The van der Waals surface area contributed by atoms with Gasteiger partial charge in [0, 0.05) is 12.6 Å². The van der Waals surface area contributed by atoms with Gasteiger partial charge in [0.2, 0.25) is 0 Å². The summed E-state index contributed by atoms with van der Waals surface area (Å²) in [6.07, 6.45) is 0. The molecule has 2 rings (SSSR count). The van der Waals surface area contributed by atoms with Crippen molar-refractivity contribution < 1.29 is 9.26 Å². The van der Waals surface area contributed by atoms with Crippen LogP contribution in [0.15, 0.2) is 39.8 Å². The van der Waals surface area contributed by atoms with Crippen LogP contribution in [-0.4, -0.2) is 24.8 Å². The predicted molar refractivity (Wildman–Crippen MR) is 101 cm³/mol. The Morgan fingerprint density at radius 1 is 1.30 bits per heavy atom. The summed E-state index contributed by atoms with van der Waals surface area (Å²) in [6.45, 7) is 5.84. The smallest absolute Gasteiger partial charge is 0.191 e. The molecule has 0 saturated carbocycles. The molecule has 2 aromatic rings. The molecule has 1 aromatic heterocycles. The molecule has 0 aliphatic rings. The number of aliphatic imine (C=N–C) groups is 1. The van der Waals surface area contributed by atoms with Crippen molar-refractivity contribution >= 4 is 29.9 Å². The van der Waals surface area contributed by atoms with Crippen molar-refractivity contribution in [2.75, 3.05) is 13.7 Å². The second-order valence-corrected chi connectivity index (χ2v) is 4.83. The van der Waals surface area contributed by atoms with E-state index in [1.165, 1.54) is 0 Å². The molecule has 0 atom stereocenters. The molecule has 0 spiro atoms. The Balaban J connectivity index is 0.00000264. The third kappa shape index (κ3) is 6.47. The van der Waals surface area contributed by atoms with Gasteiger partial charge in [0.05, 0.1) is 20.2 Å². The third-order valence-electron chi connectivity index (χ3n) is 3.01. The largest absolute Gasteiger partial charge is 0.497 e. The van der Waals surface area contributed by atoms with Gasteiger partial charge >= 0.3 is 0 Å². The SMILES string of the molecule is CCNC(=NCc1cccc(OC)c1)NCc1cc(C)on1.I. The monoisotopic (exact) mass is 430 g/mol. The van der Waals surface area contributed by atoms with E-state index in [1.54, 1.807) is 7.11 Å². The molecule has 6 nitrogen and oxygen atoms in total. The number of methoxy groups -OCH3 is 1. The first-order valence-electron chi connectivity index (χ1n) is 7.28. The summed E-state index contributed by atoms with van der Waals surface area (Å²) < 4.78 is 10.3. The third-order valence-corrected chi connectivity index (χ3v) is 3.01. The van der Waals surface area contributed by atoms with Crippen molar-refractivity contribution in [2.45, 2.75) is 26.9 Å². The minimum absolute atomic E-state index is 0. The van der Waals surface area contributed by atoms with Gasteiger partial charge < -0.3 is 19.9 Å². The van der Waals surface area contributed by atoms with Crippen LogP contribution < -0.4 is 15.4 Å². The molecule has 0 aliphatic carbocycles. The zero-order valence-corrected chi connectivity index (χ0v) is 16.0. The van der Waals surface area contributed by atoms with Crippen LogP contribution in [0.5, 0.6) is 5.75 Å². The number of guanidine groups is 1. The predicted octanol–water partition coefficient (Wildman–Crippen LogP) is 2.86. The first kappa shape index (κ1) is 19.3. The highest BCUT2D eigenvalue weighted by Crippen LogP contribution is 2.13. The van der Waals surface area contributed by atoms with Crippen LogP contribution in [0.1, 0.15) is 23.9 Å². The molecule has 0 unspecified atom stereocenters. The van der Waals surface area contributed by atoms with Crippen LogP contribution in [0.4, 0.5) is 0 Å². The van der Waals surface area contributed by atoms with Gasteiger partial charge in [0.25, 0.3) is 0 Å². The average molecular weight is 430 g/mol. The number of benzene rings is 1. The van der Waals surface area contributed by atoms with Crippen molar-refractivity contribution in [1.82, 2.24) is 15.8 Å². The summed E-state index contributed by atoms with van der Waals surface area (Å²) in [5, 5.41) is 10.4. The van der Waals surface area contributed by atoms with Crippen molar-refractivity contribution in [3.8, 4) is 5.75 Å². The van der Waals surface area contributed by atoms with E-state index in [0.29, 0.717) is 13.1 Å². The molecule has 0 amide bonds. The van der Waals surface area contributed by atoms with Gasteiger partial charge in [0.1, 0.15) is 17.2 Å². The van der Waals surface area contributed by atoms with E-state index in [1.807, 2.05) is 44.2 Å². The van der Waals surface area contributed by atoms with Gasteiger partial charge in [-0.25, -0.2) is 4.99 Å². The maximum absolute atomic E-state index is 5.22. The highest BCUT2D eigenvalue weighted by atomic mass is 127. The van der Waals surface area contributed by atoms with Crippen molar-refractivity contribution in [3.63, 3.8) is 0 Å². The number of aromatic nitrogens is 1. The molecule has 7 heteroatoms. The van der Waals surface area contributed by atoms with Crippen LogP contribution in [0.3, 0.4) is 0 Å². The molecular weight excluding hydrogens is 407 g/mol. The molecule has 1 heterocycles. The lowest BCUT2D eigenvalue weighted by atomic mass is 10.2. The van der Waals surface area contributed by atoms with E-state index < -0.39 is 0 Å². The van der Waals surface area contributed by atoms with Crippen LogP contribution in [0.2, 0.25) is 0 Å². The summed E-state index contributed by atoms with van der Waals surface area (Å²) in [7, 11) is 1.66. The van der Waals surface area contributed by atoms with E-state index in [2.05, 4.69) is 20.8 Å². The lowest BCUT2D eigenvalue weighted by Gasteiger charge is -2.10. The molecule has 23 heavy (non-hydrogen) atoms. The maximum Gasteiger partial charge on any atom is 0.191 e. The first-order chi connectivity index (χ1) is 10.7. The molecule has 1 aromatic carbocycles. The standard InChI is InChI=1S/C16H22N4O2.HI/c1-4-17-16(19-11-14-8-12(2)22-20-14)18-10-13-6-5-7-15(9-13)21-3;/h5-9H,4,10-11H2,1-3H3,(H2,17,18,19);1H. The summed E-state index contributed by atoms with van der Waals surface area (Å²) in [6, 6.07) is 9.79. The Hall–Kier alpha value is -1.77. The Kier molecular flexibility index (Phi) is 8.46. The molecular formula is C16H23IN4O2. The number of hydrogen-bond donors (Lipinski definition) is 2.